The predicted octanol–water partition coefficient (Wildman–Crippen LogP) is 3.33. The second kappa shape index (κ2) is 10.1. The van der Waals surface area contributed by atoms with E-state index in [2.05, 4.69) is 5.32 Å². The van der Waals surface area contributed by atoms with Crippen LogP contribution in [0.25, 0.3) is 0 Å². The normalized spacial score (nSPS) is 14.9. The van der Waals surface area contributed by atoms with Crippen LogP contribution in [0.15, 0.2) is 47.4 Å². The molecule has 30 heavy (non-hydrogen) atoms. The molecule has 0 aromatic heterocycles. The minimum atomic E-state index is -3.73. The van der Waals surface area contributed by atoms with Gasteiger partial charge in [-0.2, -0.15) is 4.31 Å². The number of halogens is 1. The molecule has 0 spiro atoms. The highest BCUT2D eigenvalue weighted by Crippen LogP contribution is 2.28. The molecule has 1 saturated heterocycles. The van der Waals surface area contributed by atoms with Crippen LogP contribution < -0.4 is 14.8 Å². The number of rotatable bonds is 8. The van der Waals surface area contributed by atoms with Gasteiger partial charge >= 0.3 is 0 Å². The lowest BCUT2D eigenvalue weighted by atomic mass is 10.2. The number of nitrogens with one attached hydrogen (secondary N) is 1. The van der Waals surface area contributed by atoms with Gasteiger partial charge in [0.15, 0.2) is 0 Å². The Morgan fingerprint density at radius 1 is 1.07 bits per heavy atom. The summed E-state index contributed by atoms with van der Waals surface area (Å²) in [6.45, 7) is 1.47. The van der Waals surface area contributed by atoms with Gasteiger partial charge < -0.3 is 14.8 Å². The van der Waals surface area contributed by atoms with Crippen LogP contribution in [-0.4, -0.2) is 52.0 Å². The first-order chi connectivity index (χ1) is 14.4. The Labute approximate surface area is 182 Å². The van der Waals surface area contributed by atoms with Crippen LogP contribution in [-0.2, 0) is 10.0 Å². The number of sulfonamides is 1. The van der Waals surface area contributed by atoms with E-state index in [1.165, 1.54) is 22.5 Å². The zero-order valence-corrected chi connectivity index (χ0v) is 18.3. The van der Waals surface area contributed by atoms with Gasteiger partial charge in [-0.1, -0.05) is 18.0 Å². The third-order valence-electron chi connectivity index (χ3n) is 4.84. The topological polar surface area (TPSA) is 84.9 Å². The third-order valence-corrected chi connectivity index (χ3v) is 7.22. The van der Waals surface area contributed by atoms with Gasteiger partial charge in [0.1, 0.15) is 23.0 Å². The Hall–Kier alpha value is -2.29. The number of carbonyl (C=O) groups is 1. The van der Waals surface area contributed by atoms with E-state index in [-0.39, 0.29) is 34.5 Å². The number of ether oxygens (including phenoxy) is 2. The van der Waals surface area contributed by atoms with Crippen molar-refractivity contribution in [2.75, 3.05) is 33.4 Å². The lowest BCUT2D eigenvalue weighted by Gasteiger charge is -2.26. The fraction of sp³-hybridized carbons (Fsp3) is 0.381. The van der Waals surface area contributed by atoms with Crippen molar-refractivity contribution < 1.29 is 22.7 Å². The van der Waals surface area contributed by atoms with E-state index in [0.717, 1.165) is 25.0 Å². The summed E-state index contributed by atoms with van der Waals surface area (Å²) in [5, 5.41) is 2.84. The summed E-state index contributed by atoms with van der Waals surface area (Å²) in [5.41, 5.74) is 0.236. The maximum absolute atomic E-state index is 12.9. The van der Waals surface area contributed by atoms with Gasteiger partial charge in [-0.25, -0.2) is 8.42 Å². The zero-order valence-electron chi connectivity index (χ0n) is 16.8. The number of nitrogens with zero attached hydrogens (tertiary/aromatic N) is 1. The fourth-order valence-corrected chi connectivity index (χ4v) is 5.21. The molecule has 1 N–H and O–H groups in total. The lowest BCUT2D eigenvalue weighted by molar-refractivity contribution is 0.0947. The molecule has 0 atom stereocenters. The highest BCUT2D eigenvalue weighted by atomic mass is 35.5. The lowest BCUT2D eigenvalue weighted by Crippen LogP contribution is -2.36. The van der Waals surface area contributed by atoms with Crippen molar-refractivity contribution in [2.45, 2.75) is 24.2 Å². The van der Waals surface area contributed by atoms with E-state index >= 15 is 0 Å². The maximum atomic E-state index is 12.9. The van der Waals surface area contributed by atoms with Crippen molar-refractivity contribution in [2.24, 2.45) is 0 Å². The van der Waals surface area contributed by atoms with Crippen LogP contribution in [0, 0.1) is 0 Å². The molecule has 0 saturated carbocycles. The molecule has 2 aromatic carbocycles. The molecule has 0 bridgehead atoms. The summed E-state index contributed by atoms with van der Waals surface area (Å²) in [5.74, 6) is 1.00. The molecule has 9 heteroatoms. The average Bonchev–Trinajstić information content (AvgIpc) is 2.77. The van der Waals surface area contributed by atoms with Gasteiger partial charge in [-0.3, -0.25) is 4.79 Å². The molecule has 2 aromatic rings. The van der Waals surface area contributed by atoms with E-state index in [0.29, 0.717) is 18.8 Å². The van der Waals surface area contributed by atoms with Gasteiger partial charge in [0.05, 0.1) is 18.7 Å². The van der Waals surface area contributed by atoms with Crippen LogP contribution in [0.2, 0.25) is 5.02 Å². The van der Waals surface area contributed by atoms with Crippen molar-refractivity contribution in [3.63, 3.8) is 0 Å². The first-order valence-corrected chi connectivity index (χ1v) is 11.6. The van der Waals surface area contributed by atoms with E-state index in [1.807, 2.05) is 0 Å². The summed E-state index contributed by atoms with van der Waals surface area (Å²) < 4.78 is 37.9. The first kappa shape index (κ1) is 22.4. The van der Waals surface area contributed by atoms with Crippen LogP contribution in [0.4, 0.5) is 0 Å². The molecule has 3 rings (SSSR count). The molecule has 1 aliphatic rings. The van der Waals surface area contributed by atoms with Crippen molar-refractivity contribution in [3.8, 4) is 11.5 Å². The molecule has 1 amide bonds. The minimum absolute atomic E-state index is 0.0341. The molecular weight excluding hydrogens is 428 g/mol. The van der Waals surface area contributed by atoms with Crippen molar-refractivity contribution in [1.29, 1.82) is 0 Å². The van der Waals surface area contributed by atoms with Crippen LogP contribution in [0.1, 0.15) is 29.6 Å². The van der Waals surface area contributed by atoms with E-state index in [1.54, 1.807) is 31.4 Å². The Kier molecular flexibility index (Phi) is 7.58. The summed E-state index contributed by atoms with van der Waals surface area (Å²) in [6.07, 6.45) is 2.66. The van der Waals surface area contributed by atoms with Crippen LogP contribution in [0.3, 0.4) is 0 Å². The van der Waals surface area contributed by atoms with Crippen molar-refractivity contribution in [1.82, 2.24) is 9.62 Å². The number of amides is 1. The number of hydrogen-bond donors (Lipinski definition) is 1. The molecule has 1 heterocycles. The monoisotopic (exact) mass is 452 g/mol. The number of piperidine rings is 1. The van der Waals surface area contributed by atoms with Gasteiger partial charge in [-0.15, -0.1) is 0 Å². The highest BCUT2D eigenvalue weighted by molar-refractivity contribution is 7.89. The molecule has 0 aliphatic carbocycles. The van der Waals surface area contributed by atoms with Crippen molar-refractivity contribution >= 4 is 27.5 Å². The zero-order chi connectivity index (χ0) is 21.6. The second-order valence-electron chi connectivity index (χ2n) is 6.89. The number of carbonyl (C=O) groups excluding carboxylic acids is 1. The van der Waals surface area contributed by atoms with Crippen LogP contribution >= 0.6 is 11.6 Å². The van der Waals surface area contributed by atoms with Gasteiger partial charge in [0.2, 0.25) is 10.0 Å². The summed E-state index contributed by atoms with van der Waals surface area (Å²) in [4.78, 5) is 12.4. The Morgan fingerprint density at radius 2 is 1.73 bits per heavy atom. The summed E-state index contributed by atoms with van der Waals surface area (Å²) in [7, 11) is -2.14. The van der Waals surface area contributed by atoms with Gasteiger partial charge in [0.25, 0.3) is 5.91 Å². The smallest absolute Gasteiger partial charge is 0.251 e. The van der Waals surface area contributed by atoms with Crippen LogP contribution in [0.5, 0.6) is 11.5 Å². The molecule has 1 aliphatic heterocycles. The largest absolute Gasteiger partial charge is 0.497 e. The summed E-state index contributed by atoms with van der Waals surface area (Å²) in [6, 6.07) is 11.4. The second-order valence-corrected chi connectivity index (χ2v) is 9.20. The molecule has 1 fully saturated rings. The summed E-state index contributed by atoms with van der Waals surface area (Å²) >= 11 is 6.15. The molecular formula is C21H25ClN2O5S. The average molecular weight is 453 g/mol. The third kappa shape index (κ3) is 5.44. The Morgan fingerprint density at radius 3 is 2.40 bits per heavy atom. The standard InChI is InChI=1S/C21H25ClN2O5S/c1-28-17-6-8-18(9-7-17)29-14-11-23-21(25)16-5-10-19(22)20(15-16)30(26,27)24-12-3-2-4-13-24/h5-10,15H,2-4,11-14H2,1H3,(H,23,25). The van der Waals surface area contributed by atoms with Crippen molar-refractivity contribution in [3.05, 3.63) is 53.1 Å². The highest BCUT2D eigenvalue weighted by Gasteiger charge is 2.28. The molecule has 162 valence electrons. The number of methoxy groups -OCH3 is 1. The van der Waals surface area contributed by atoms with E-state index < -0.39 is 10.0 Å². The van der Waals surface area contributed by atoms with Gasteiger partial charge in [0, 0.05) is 18.7 Å². The first-order valence-electron chi connectivity index (χ1n) is 9.76. The molecule has 0 radical (unpaired) electrons. The Balaban J connectivity index is 1.60. The SMILES string of the molecule is COc1ccc(OCCNC(=O)c2ccc(Cl)c(S(=O)(=O)N3CCCCC3)c2)cc1. The minimum Gasteiger partial charge on any atom is -0.497 e. The van der Waals surface area contributed by atoms with Gasteiger partial charge in [-0.05, 0) is 55.3 Å². The molecule has 7 nitrogen and oxygen atoms in total. The Bertz CT molecular complexity index is 973. The predicted molar refractivity (Wildman–Crippen MR) is 115 cm³/mol. The number of hydrogen-bond acceptors (Lipinski definition) is 5. The number of benzene rings is 2. The quantitative estimate of drug-likeness (QED) is 0.621. The molecule has 0 unspecified atom stereocenters. The van der Waals surface area contributed by atoms with E-state index in [4.69, 9.17) is 21.1 Å². The maximum Gasteiger partial charge on any atom is 0.251 e. The van der Waals surface area contributed by atoms with E-state index in [9.17, 15) is 13.2 Å². The fourth-order valence-electron chi connectivity index (χ4n) is 3.19.